The van der Waals surface area contributed by atoms with E-state index in [1.165, 1.54) is 6.07 Å². The van der Waals surface area contributed by atoms with E-state index in [4.69, 9.17) is 26.1 Å². The highest BCUT2D eigenvalue weighted by Crippen LogP contribution is 2.29. The summed E-state index contributed by atoms with van der Waals surface area (Å²) < 4.78 is 27.6. The number of halogens is 2. The Labute approximate surface area is 232 Å². The van der Waals surface area contributed by atoms with Crippen molar-refractivity contribution in [2.75, 3.05) is 19.7 Å². The number of pyridine rings is 1. The summed E-state index contributed by atoms with van der Waals surface area (Å²) in [6.45, 7) is 5.57. The van der Waals surface area contributed by atoms with E-state index in [9.17, 15) is 14.3 Å². The Balaban J connectivity index is 1.19. The molecule has 3 aromatic rings. The number of ether oxygens (including phenoxy) is 2. The van der Waals surface area contributed by atoms with Crippen LogP contribution in [0.15, 0.2) is 48.2 Å². The maximum atomic E-state index is 14.1. The minimum atomic E-state index is -0.938. The quantitative estimate of drug-likeness (QED) is 0.340. The van der Waals surface area contributed by atoms with Crippen molar-refractivity contribution >= 4 is 23.6 Å². The fourth-order valence-electron chi connectivity index (χ4n) is 4.91. The predicted octanol–water partition coefficient (Wildman–Crippen LogP) is 5.31. The second kappa shape index (κ2) is 12.3. The first-order valence-corrected chi connectivity index (χ1v) is 13.6. The van der Waals surface area contributed by atoms with Crippen LogP contribution < -0.4 is 4.74 Å². The number of carboxylic acids is 1. The van der Waals surface area contributed by atoms with Gasteiger partial charge in [-0.3, -0.25) is 4.90 Å². The van der Waals surface area contributed by atoms with E-state index in [0.717, 1.165) is 56.2 Å². The zero-order valence-corrected chi connectivity index (χ0v) is 22.6. The minimum Gasteiger partial charge on any atom is -0.478 e. The number of carbonyl (C=O) groups is 1. The van der Waals surface area contributed by atoms with E-state index in [1.807, 2.05) is 12.1 Å². The molecule has 1 aromatic carbocycles. The standard InChI is InChI=1S/C29H32ClFN4O4/c1-19(29(36)37)13-23-15-32-27(35(23)16-24-9-12-38-24)17-34-10-7-20(8-11-34)26-3-2-4-28(33-26)39-18-21-5-6-22(30)14-25(21)31/h2-6,13-15,20,24H,7-12,16-18H2,1H3,(H,36,37). The first-order chi connectivity index (χ1) is 18.9. The van der Waals surface area contributed by atoms with Crippen LogP contribution in [0.1, 0.15) is 54.9 Å². The SMILES string of the molecule is CC(=Cc1cnc(CN2CCC(c3cccc(OCc4ccc(Cl)cc4F)n3)CC2)n1CC1CCO1)C(=O)O. The van der Waals surface area contributed by atoms with Gasteiger partial charge >= 0.3 is 5.97 Å². The summed E-state index contributed by atoms with van der Waals surface area (Å²) in [4.78, 5) is 23.1. The molecule has 2 aliphatic heterocycles. The van der Waals surface area contributed by atoms with Gasteiger partial charge in [0.25, 0.3) is 0 Å². The normalized spacial score (nSPS) is 18.6. The average molecular weight is 555 g/mol. The third kappa shape index (κ3) is 6.84. The van der Waals surface area contributed by atoms with Crippen LogP contribution in [-0.4, -0.2) is 56.3 Å². The molecule has 1 unspecified atom stereocenters. The van der Waals surface area contributed by atoms with Crippen molar-refractivity contribution in [1.82, 2.24) is 19.4 Å². The topological polar surface area (TPSA) is 89.7 Å². The molecule has 2 saturated heterocycles. The van der Waals surface area contributed by atoms with Gasteiger partial charge in [0.15, 0.2) is 0 Å². The van der Waals surface area contributed by atoms with E-state index >= 15 is 0 Å². The second-order valence-electron chi connectivity index (χ2n) is 10.1. The van der Waals surface area contributed by atoms with Crippen LogP contribution in [0.5, 0.6) is 5.88 Å². The number of rotatable bonds is 10. The maximum Gasteiger partial charge on any atom is 0.331 e. The molecule has 0 spiro atoms. The van der Waals surface area contributed by atoms with Crippen molar-refractivity contribution in [2.45, 2.75) is 57.9 Å². The van der Waals surface area contributed by atoms with E-state index in [2.05, 4.69) is 14.5 Å². The Morgan fingerprint density at radius 3 is 2.74 bits per heavy atom. The van der Waals surface area contributed by atoms with Gasteiger partial charge in [0.05, 0.1) is 31.1 Å². The first-order valence-electron chi connectivity index (χ1n) is 13.2. The lowest BCUT2D eigenvalue weighted by molar-refractivity contribution is -0.132. The highest BCUT2D eigenvalue weighted by Gasteiger charge is 2.25. The minimum absolute atomic E-state index is 0.0829. The van der Waals surface area contributed by atoms with Crippen molar-refractivity contribution in [2.24, 2.45) is 0 Å². The van der Waals surface area contributed by atoms with Crippen molar-refractivity contribution in [3.05, 3.63) is 81.8 Å². The molecule has 0 amide bonds. The first kappa shape index (κ1) is 27.3. The Morgan fingerprint density at radius 2 is 2.05 bits per heavy atom. The molecule has 0 radical (unpaired) electrons. The van der Waals surface area contributed by atoms with Gasteiger partial charge in [0.1, 0.15) is 18.2 Å². The number of likely N-dealkylation sites (tertiary alicyclic amines) is 1. The van der Waals surface area contributed by atoms with Crippen molar-refractivity contribution in [1.29, 1.82) is 0 Å². The summed E-state index contributed by atoms with van der Waals surface area (Å²) in [7, 11) is 0. The number of hydrogen-bond acceptors (Lipinski definition) is 6. The smallest absolute Gasteiger partial charge is 0.331 e. The molecule has 5 rings (SSSR count). The van der Waals surface area contributed by atoms with Crippen molar-refractivity contribution in [3.63, 3.8) is 0 Å². The summed E-state index contributed by atoms with van der Waals surface area (Å²) in [6.07, 6.45) is 6.44. The molecule has 2 aliphatic rings. The van der Waals surface area contributed by atoms with Gasteiger partial charge in [-0.05, 0) is 63.6 Å². The third-order valence-electron chi connectivity index (χ3n) is 7.36. The van der Waals surface area contributed by atoms with Crippen LogP contribution in [-0.2, 0) is 29.2 Å². The van der Waals surface area contributed by atoms with Gasteiger partial charge in [-0.2, -0.15) is 0 Å². The lowest BCUT2D eigenvalue weighted by Gasteiger charge is -2.32. The lowest BCUT2D eigenvalue weighted by Crippen LogP contribution is -2.35. The lowest BCUT2D eigenvalue weighted by atomic mass is 9.93. The van der Waals surface area contributed by atoms with E-state index in [-0.39, 0.29) is 18.3 Å². The number of carboxylic acid groups (broad SMARTS) is 1. The molecule has 2 aromatic heterocycles. The fraction of sp³-hybridized carbons (Fsp3) is 0.414. The zero-order chi connectivity index (χ0) is 27.4. The molecule has 8 nitrogen and oxygen atoms in total. The number of benzene rings is 1. The molecule has 206 valence electrons. The van der Waals surface area contributed by atoms with Crippen molar-refractivity contribution < 1.29 is 23.8 Å². The molecule has 39 heavy (non-hydrogen) atoms. The molecule has 10 heteroatoms. The summed E-state index contributed by atoms with van der Waals surface area (Å²) >= 11 is 5.83. The molecule has 2 fully saturated rings. The number of imidazole rings is 1. The van der Waals surface area contributed by atoms with E-state index in [0.29, 0.717) is 35.5 Å². The number of hydrogen-bond donors (Lipinski definition) is 1. The van der Waals surface area contributed by atoms with E-state index in [1.54, 1.807) is 37.4 Å². The molecule has 0 saturated carbocycles. The highest BCUT2D eigenvalue weighted by atomic mass is 35.5. The molecule has 0 aliphatic carbocycles. The van der Waals surface area contributed by atoms with Gasteiger partial charge in [-0.15, -0.1) is 0 Å². The monoisotopic (exact) mass is 554 g/mol. The van der Waals surface area contributed by atoms with Gasteiger partial charge in [-0.25, -0.2) is 19.2 Å². The van der Waals surface area contributed by atoms with Crippen LogP contribution >= 0.6 is 11.6 Å². The second-order valence-corrected chi connectivity index (χ2v) is 10.5. The number of aromatic nitrogens is 3. The molecule has 4 heterocycles. The average Bonchev–Trinajstić information content (AvgIpc) is 3.26. The Kier molecular flexibility index (Phi) is 8.60. The van der Waals surface area contributed by atoms with Crippen LogP contribution in [0.4, 0.5) is 4.39 Å². The zero-order valence-electron chi connectivity index (χ0n) is 21.9. The van der Waals surface area contributed by atoms with E-state index < -0.39 is 11.8 Å². The molecule has 1 atom stereocenters. The molecule has 1 N–H and O–H groups in total. The number of nitrogens with zero attached hydrogens (tertiary/aromatic N) is 4. The van der Waals surface area contributed by atoms with Crippen LogP contribution in [0.25, 0.3) is 6.08 Å². The summed E-state index contributed by atoms with van der Waals surface area (Å²) in [5, 5.41) is 9.67. The number of aliphatic carboxylic acids is 1. The van der Waals surface area contributed by atoms with Crippen molar-refractivity contribution in [3.8, 4) is 5.88 Å². The Bertz CT molecular complexity index is 1350. The number of piperidine rings is 1. The van der Waals surface area contributed by atoms with Gasteiger partial charge in [-0.1, -0.05) is 23.7 Å². The van der Waals surface area contributed by atoms with Crippen LogP contribution in [0, 0.1) is 5.82 Å². The summed E-state index contributed by atoms with van der Waals surface area (Å²) in [5.41, 5.74) is 2.47. The predicted molar refractivity (Wildman–Crippen MR) is 145 cm³/mol. The Morgan fingerprint density at radius 1 is 1.26 bits per heavy atom. The van der Waals surface area contributed by atoms with Crippen LogP contribution in [0.3, 0.4) is 0 Å². The van der Waals surface area contributed by atoms with Gasteiger partial charge in [0.2, 0.25) is 5.88 Å². The maximum absolute atomic E-state index is 14.1. The molecule has 0 bridgehead atoms. The van der Waals surface area contributed by atoms with Crippen LogP contribution in [0.2, 0.25) is 5.02 Å². The summed E-state index contributed by atoms with van der Waals surface area (Å²) in [5.74, 6) is 0.355. The van der Waals surface area contributed by atoms with Gasteiger partial charge in [0, 0.05) is 40.4 Å². The third-order valence-corrected chi connectivity index (χ3v) is 7.59. The van der Waals surface area contributed by atoms with Gasteiger partial charge < -0.3 is 19.1 Å². The fourth-order valence-corrected chi connectivity index (χ4v) is 5.07. The molecular formula is C29H32ClFN4O4. The Hall–Kier alpha value is -3.27. The highest BCUT2D eigenvalue weighted by molar-refractivity contribution is 6.30. The molecular weight excluding hydrogens is 523 g/mol. The summed E-state index contributed by atoms with van der Waals surface area (Å²) in [6, 6.07) is 10.3. The largest absolute Gasteiger partial charge is 0.478 e.